The van der Waals surface area contributed by atoms with Crippen LogP contribution in [0.3, 0.4) is 0 Å². The second-order valence-electron chi connectivity index (χ2n) is 7.27. The van der Waals surface area contributed by atoms with Gasteiger partial charge in [0.2, 0.25) is 0 Å². The van der Waals surface area contributed by atoms with Gasteiger partial charge in [-0.1, -0.05) is 6.07 Å². The van der Waals surface area contributed by atoms with Crippen molar-refractivity contribution in [3.05, 3.63) is 54.0 Å². The first kappa shape index (κ1) is 19.0. The Morgan fingerprint density at radius 3 is 2.71 bits per heavy atom. The maximum atomic E-state index is 13.8. The van der Waals surface area contributed by atoms with E-state index in [2.05, 4.69) is 40.5 Å². The predicted molar refractivity (Wildman–Crippen MR) is 113 cm³/mol. The average molecular weight is 396 g/mol. The first-order chi connectivity index (χ1) is 13.6. The minimum atomic E-state index is -0.00851. The summed E-state index contributed by atoms with van der Waals surface area (Å²) in [5.74, 6) is 0.769. The SMILES string of the molecule is CSc1cccc(N(C(=O)c2cccn3c(C)nnc23)C2CCN(C)CC2)c1. The molecule has 1 aromatic carbocycles. The molecule has 0 unspecified atom stereocenters. The van der Waals surface area contributed by atoms with Gasteiger partial charge in [0.25, 0.3) is 5.91 Å². The Kier molecular flexibility index (Phi) is 5.37. The summed E-state index contributed by atoms with van der Waals surface area (Å²) < 4.78 is 1.87. The number of fused-ring (bicyclic) bond motifs is 1. The van der Waals surface area contributed by atoms with Crippen LogP contribution in [-0.4, -0.2) is 57.8 Å². The molecule has 6 nitrogen and oxygen atoms in total. The van der Waals surface area contributed by atoms with Gasteiger partial charge >= 0.3 is 0 Å². The van der Waals surface area contributed by atoms with Crippen molar-refractivity contribution in [2.24, 2.45) is 0 Å². The zero-order valence-electron chi connectivity index (χ0n) is 16.5. The molecule has 0 spiro atoms. The van der Waals surface area contributed by atoms with E-state index in [0.717, 1.165) is 42.3 Å². The van der Waals surface area contributed by atoms with E-state index in [1.165, 1.54) is 0 Å². The molecule has 1 saturated heterocycles. The van der Waals surface area contributed by atoms with Gasteiger partial charge in [0.05, 0.1) is 5.56 Å². The molecule has 3 aromatic rings. The second-order valence-corrected chi connectivity index (χ2v) is 8.15. The fraction of sp³-hybridized carbons (Fsp3) is 0.381. The lowest BCUT2D eigenvalue weighted by Crippen LogP contribution is -2.47. The Balaban J connectivity index is 1.78. The van der Waals surface area contributed by atoms with Crippen molar-refractivity contribution in [1.82, 2.24) is 19.5 Å². The van der Waals surface area contributed by atoms with E-state index in [4.69, 9.17) is 0 Å². The van der Waals surface area contributed by atoms with Crippen LogP contribution in [0.1, 0.15) is 29.0 Å². The van der Waals surface area contributed by atoms with Crippen molar-refractivity contribution in [3.63, 3.8) is 0 Å². The highest BCUT2D eigenvalue weighted by Gasteiger charge is 2.30. The minimum Gasteiger partial charge on any atom is -0.306 e. The van der Waals surface area contributed by atoms with Crippen LogP contribution < -0.4 is 4.90 Å². The van der Waals surface area contributed by atoms with Gasteiger partial charge in [0.15, 0.2) is 5.65 Å². The average Bonchev–Trinajstić information content (AvgIpc) is 3.11. The number of likely N-dealkylation sites (tertiary alicyclic amines) is 1. The van der Waals surface area contributed by atoms with Crippen LogP contribution >= 0.6 is 11.8 Å². The summed E-state index contributed by atoms with van der Waals surface area (Å²) in [6.45, 7) is 3.88. The number of hydrogen-bond acceptors (Lipinski definition) is 5. The van der Waals surface area contributed by atoms with Crippen molar-refractivity contribution in [3.8, 4) is 0 Å². The van der Waals surface area contributed by atoms with Crippen molar-refractivity contribution < 1.29 is 4.79 Å². The van der Waals surface area contributed by atoms with Gasteiger partial charge in [-0.2, -0.15) is 0 Å². The molecule has 7 heteroatoms. The summed E-state index contributed by atoms with van der Waals surface area (Å²) in [7, 11) is 2.14. The van der Waals surface area contributed by atoms with Gasteiger partial charge in [0, 0.05) is 22.8 Å². The van der Waals surface area contributed by atoms with Crippen LogP contribution in [0.5, 0.6) is 0 Å². The number of carbonyl (C=O) groups excluding carboxylic acids is 1. The Hall–Kier alpha value is -2.38. The van der Waals surface area contributed by atoms with Crippen LogP contribution in [0.2, 0.25) is 0 Å². The number of amides is 1. The van der Waals surface area contributed by atoms with Crippen molar-refractivity contribution >= 4 is 29.0 Å². The maximum absolute atomic E-state index is 13.8. The van der Waals surface area contributed by atoms with E-state index in [0.29, 0.717) is 11.2 Å². The summed E-state index contributed by atoms with van der Waals surface area (Å²) in [6, 6.07) is 12.2. The van der Waals surface area contributed by atoms with Gasteiger partial charge in [0.1, 0.15) is 5.82 Å². The Labute approximate surface area is 169 Å². The van der Waals surface area contributed by atoms with Crippen LogP contribution in [0.4, 0.5) is 5.69 Å². The van der Waals surface area contributed by atoms with Crippen LogP contribution in [-0.2, 0) is 0 Å². The van der Waals surface area contributed by atoms with Gasteiger partial charge in [-0.15, -0.1) is 22.0 Å². The number of carbonyl (C=O) groups is 1. The van der Waals surface area contributed by atoms with Crippen molar-refractivity contribution in [1.29, 1.82) is 0 Å². The lowest BCUT2D eigenvalue weighted by molar-refractivity contribution is 0.0964. The molecule has 1 aliphatic rings. The number of anilines is 1. The molecule has 0 N–H and O–H groups in total. The van der Waals surface area contributed by atoms with Crippen LogP contribution in [0, 0.1) is 6.92 Å². The van der Waals surface area contributed by atoms with E-state index in [1.807, 2.05) is 46.7 Å². The highest BCUT2D eigenvalue weighted by atomic mass is 32.2. The molecular formula is C21H25N5OS. The van der Waals surface area contributed by atoms with Gasteiger partial charge in [-0.3, -0.25) is 9.20 Å². The fourth-order valence-electron chi connectivity index (χ4n) is 3.84. The molecule has 28 heavy (non-hydrogen) atoms. The molecular weight excluding hydrogens is 370 g/mol. The van der Waals surface area contributed by atoms with E-state index < -0.39 is 0 Å². The molecule has 146 valence electrons. The second kappa shape index (κ2) is 7.93. The van der Waals surface area contributed by atoms with Crippen molar-refractivity contribution in [2.45, 2.75) is 30.7 Å². The number of pyridine rings is 1. The van der Waals surface area contributed by atoms with E-state index in [9.17, 15) is 4.79 Å². The number of rotatable bonds is 4. The number of aryl methyl sites for hydroxylation is 1. The summed E-state index contributed by atoms with van der Waals surface area (Å²) >= 11 is 1.69. The molecule has 0 saturated carbocycles. The molecule has 1 amide bonds. The third-order valence-corrected chi connectivity index (χ3v) is 6.16. The number of hydrogen-bond donors (Lipinski definition) is 0. The number of nitrogens with zero attached hydrogens (tertiary/aromatic N) is 5. The summed E-state index contributed by atoms with van der Waals surface area (Å²) in [5.41, 5.74) is 2.16. The molecule has 4 rings (SSSR count). The Bertz CT molecular complexity index is 993. The zero-order valence-corrected chi connectivity index (χ0v) is 17.3. The van der Waals surface area contributed by atoms with Gasteiger partial charge in [-0.25, -0.2) is 0 Å². The Morgan fingerprint density at radius 1 is 1.18 bits per heavy atom. The summed E-state index contributed by atoms with van der Waals surface area (Å²) in [4.78, 5) is 19.2. The molecule has 3 heterocycles. The molecule has 0 radical (unpaired) electrons. The third kappa shape index (κ3) is 3.52. The number of piperidine rings is 1. The smallest absolute Gasteiger partial charge is 0.262 e. The lowest BCUT2D eigenvalue weighted by atomic mass is 10.0. The number of aromatic nitrogens is 3. The molecule has 1 fully saturated rings. The molecule has 2 aromatic heterocycles. The molecule has 1 aliphatic heterocycles. The van der Waals surface area contributed by atoms with Gasteiger partial charge < -0.3 is 9.80 Å². The van der Waals surface area contributed by atoms with Crippen molar-refractivity contribution in [2.75, 3.05) is 31.3 Å². The van der Waals surface area contributed by atoms with E-state index in [-0.39, 0.29) is 11.9 Å². The maximum Gasteiger partial charge on any atom is 0.262 e. The summed E-state index contributed by atoms with van der Waals surface area (Å²) in [6.07, 6.45) is 5.87. The standard InChI is InChI=1S/C21H25N5OS/c1-15-22-23-20-19(8-5-11-25(15)20)21(27)26(16-9-12-24(2)13-10-16)17-6-4-7-18(14-17)28-3/h4-8,11,14,16H,9-10,12-13H2,1-3H3. The van der Waals surface area contributed by atoms with Crippen LogP contribution in [0.25, 0.3) is 5.65 Å². The first-order valence-corrected chi connectivity index (χ1v) is 10.8. The topological polar surface area (TPSA) is 53.7 Å². The largest absolute Gasteiger partial charge is 0.306 e. The highest BCUT2D eigenvalue weighted by molar-refractivity contribution is 7.98. The normalized spacial score (nSPS) is 15.8. The first-order valence-electron chi connectivity index (χ1n) is 9.55. The molecule has 0 aliphatic carbocycles. The molecule has 0 bridgehead atoms. The monoisotopic (exact) mass is 395 g/mol. The highest BCUT2D eigenvalue weighted by Crippen LogP contribution is 2.29. The quantitative estimate of drug-likeness (QED) is 0.633. The molecule has 0 atom stereocenters. The van der Waals surface area contributed by atoms with E-state index in [1.54, 1.807) is 11.8 Å². The minimum absolute atomic E-state index is 0.00851. The lowest BCUT2D eigenvalue weighted by Gasteiger charge is -2.37. The van der Waals surface area contributed by atoms with Crippen LogP contribution in [0.15, 0.2) is 47.5 Å². The third-order valence-electron chi connectivity index (χ3n) is 5.44. The fourth-order valence-corrected chi connectivity index (χ4v) is 4.29. The van der Waals surface area contributed by atoms with E-state index >= 15 is 0 Å². The predicted octanol–water partition coefficient (Wildman–Crippen LogP) is 3.50. The zero-order chi connectivity index (χ0) is 19.7. The summed E-state index contributed by atoms with van der Waals surface area (Å²) in [5, 5.41) is 8.41. The number of thioether (sulfide) groups is 1. The Morgan fingerprint density at radius 2 is 1.96 bits per heavy atom. The van der Waals surface area contributed by atoms with Gasteiger partial charge in [-0.05, 0) is 76.5 Å². The number of benzene rings is 1.